The summed E-state index contributed by atoms with van der Waals surface area (Å²) in [4.78, 5) is 0. The molecular formula is C14H21N. The third kappa shape index (κ3) is 2.40. The first-order valence-corrected chi connectivity index (χ1v) is 5.98. The predicted octanol–water partition coefficient (Wildman–Crippen LogP) is 3.15. The number of hydrogen-bond acceptors (Lipinski definition) is 1. The Labute approximate surface area is 92.7 Å². The van der Waals surface area contributed by atoms with Gasteiger partial charge in [0.25, 0.3) is 0 Å². The number of aryl methyl sites for hydroxylation is 2. The highest BCUT2D eigenvalue weighted by Crippen LogP contribution is 2.25. The van der Waals surface area contributed by atoms with Gasteiger partial charge in [0.2, 0.25) is 0 Å². The van der Waals surface area contributed by atoms with E-state index in [2.05, 4.69) is 32.0 Å². The van der Waals surface area contributed by atoms with Crippen LogP contribution in [0.3, 0.4) is 0 Å². The van der Waals surface area contributed by atoms with E-state index >= 15 is 0 Å². The number of rotatable bonds is 1. The van der Waals surface area contributed by atoms with Gasteiger partial charge in [0.1, 0.15) is 0 Å². The summed E-state index contributed by atoms with van der Waals surface area (Å²) in [7, 11) is 0. The zero-order valence-electron chi connectivity index (χ0n) is 9.84. The molecule has 82 valence electrons. The third-order valence-corrected chi connectivity index (χ3v) is 3.34. The molecule has 0 fully saturated rings. The van der Waals surface area contributed by atoms with Crippen LogP contribution in [0.2, 0.25) is 0 Å². The zero-order valence-corrected chi connectivity index (χ0v) is 9.84. The zero-order chi connectivity index (χ0) is 10.9. The molecule has 0 amide bonds. The molecule has 1 heteroatoms. The molecule has 2 rings (SSSR count). The summed E-state index contributed by atoms with van der Waals surface area (Å²) in [6.45, 7) is 4.15. The first-order chi connectivity index (χ1) is 7.07. The Hall–Kier alpha value is -0.820. The second-order valence-corrected chi connectivity index (χ2v) is 5.27. The molecule has 1 aromatic rings. The minimum Gasteiger partial charge on any atom is -0.322 e. The van der Waals surface area contributed by atoms with Gasteiger partial charge < -0.3 is 5.73 Å². The second kappa shape index (κ2) is 3.97. The average Bonchev–Trinajstić information content (AvgIpc) is 2.39. The van der Waals surface area contributed by atoms with Crippen LogP contribution in [0, 0.1) is 0 Å². The standard InChI is InChI=1S/C14H21N/c1-14(2,15)13-9-8-11-6-4-3-5-7-12(11)10-13/h8-10H,3-7,15H2,1-2H3. The first-order valence-electron chi connectivity index (χ1n) is 5.98. The smallest absolute Gasteiger partial charge is 0.0352 e. The molecule has 0 spiro atoms. The van der Waals surface area contributed by atoms with Crippen LogP contribution in [0.1, 0.15) is 49.8 Å². The van der Waals surface area contributed by atoms with Crippen molar-refractivity contribution in [2.45, 2.75) is 51.5 Å². The van der Waals surface area contributed by atoms with E-state index in [1.54, 1.807) is 5.56 Å². The molecule has 1 aliphatic rings. The molecular weight excluding hydrogens is 182 g/mol. The molecule has 1 aromatic carbocycles. The lowest BCUT2D eigenvalue weighted by Crippen LogP contribution is -2.28. The fraction of sp³-hybridized carbons (Fsp3) is 0.571. The van der Waals surface area contributed by atoms with Gasteiger partial charge >= 0.3 is 0 Å². The van der Waals surface area contributed by atoms with Crippen LogP contribution in [0.4, 0.5) is 0 Å². The van der Waals surface area contributed by atoms with Gasteiger partial charge in [-0.15, -0.1) is 0 Å². The van der Waals surface area contributed by atoms with Crippen LogP contribution in [0.25, 0.3) is 0 Å². The normalized spacial score (nSPS) is 17.0. The average molecular weight is 203 g/mol. The van der Waals surface area contributed by atoms with Crippen LogP contribution in [0.5, 0.6) is 0 Å². The van der Waals surface area contributed by atoms with E-state index in [0.717, 1.165) is 0 Å². The molecule has 1 aliphatic carbocycles. The molecule has 0 aliphatic heterocycles. The van der Waals surface area contributed by atoms with Gasteiger partial charge in [-0.2, -0.15) is 0 Å². The molecule has 0 radical (unpaired) electrons. The van der Waals surface area contributed by atoms with Gasteiger partial charge in [0.05, 0.1) is 0 Å². The maximum absolute atomic E-state index is 6.13. The lowest BCUT2D eigenvalue weighted by Gasteiger charge is -2.21. The van der Waals surface area contributed by atoms with Crippen molar-refractivity contribution in [1.82, 2.24) is 0 Å². The van der Waals surface area contributed by atoms with Crippen molar-refractivity contribution < 1.29 is 0 Å². The molecule has 0 bridgehead atoms. The van der Waals surface area contributed by atoms with Gasteiger partial charge in [0, 0.05) is 5.54 Å². The van der Waals surface area contributed by atoms with Gasteiger partial charge in [0.15, 0.2) is 0 Å². The predicted molar refractivity (Wildman–Crippen MR) is 64.9 cm³/mol. The quantitative estimate of drug-likeness (QED) is 0.697. The molecule has 0 atom stereocenters. The van der Waals surface area contributed by atoms with Crippen LogP contribution in [-0.2, 0) is 18.4 Å². The van der Waals surface area contributed by atoms with E-state index in [4.69, 9.17) is 5.73 Å². The highest BCUT2D eigenvalue weighted by atomic mass is 14.7. The number of benzene rings is 1. The highest BCUT2D eigenvalue weighted by molar-refractivity contribution is 5.35. The Morgan fingerprint density at radius 1 is 1.00 bits per heavy atom. The van der Waals surface area contributed by atoms with Crippen LogP contribution >= 0.6 is 0 Å². The lowest BCUT2D eigenvalue weighted by atomic mass is 9.91. The van der Waals surface area contributed by atoms with E-state index in [0.29, 0.717) is 0 Å². The van der Waals surface area contributed by atoms with Crippen molar-refractivity contribution in [3.63, 3.8) is 0 Å². The summed E-state index contributed by atoms with van der Waals surface area (Å²) in [5.41, 5.74) is 10.3. The summed E-state index contributed by atoms with van der Waals surface area (Å²) in [6, 6.07) is 6.80. The van der Waals surface area contributed by atoms with E-state index in [-0.39, 0.29) is 5.54 Å². The van der Waals surface area contributed by atoms with Gasteiger partial charge in [-0.25, -0.2) is 0 Å². The molecule has 0 aromatic heterocycles. The van der Waals surface area contributed by atoms with Gasteiger partial charge in [-0.1, -0.05) is 24.6 Å². The molecule has 0 heterocycles. The van der Waals surface area contributed by atoms with E-state index in [1.807, 2.05) is 0 Å². The fourth-order valence-corrected chi connectivity index (χ4v) is 2.31. The molecule has 0 unspecified atom stereocenters. The monoisotopic (exact) mass is 203 g/mol. The number of fused-ring (bicyclic) bond motifs is 1. The topological polar surface area (TPSA) is 26.0 Å². The molecule has 1 nitrogen and oxygen atoms in total. The number of hydrogen-bond donors (Lipinski definition) is 1. The van der Waals surface area contributed by atoms with E-state index < -0.39 is 0 Å². The van der Waals surface area contributed by atoms with Crippen LogP contribution in [-0.4, -0.2) is 0 Å². The summed E-state index contributed by atoms with van der Waals surface area (Å²) in [5, 5.41) is 0. The van der Waals surface area contributed by atoms with Crippen molar-refractivity contribution in [2.24, 2.45) is 5.73 Å². The van der Waals surface area contributed by atoms with E-state index in [1.165, 1.54) is 43.2 Å². The van der Waals surface area contributed by atoms with Crippen LogP contribution in [0.15, 0.2) is 18.2 Å². The van der Waals surface area contributed by atoms with Crippen molar-refractivity contribution in [1.29, 1.82) is 0 Å². The first kappa shape index (κ1) is 10.7. The molecule has 0 saturated heterocycles. The minimum atomic E-state index is -0.207. The van der Waals surface area contributed by atoms with Gasteiger partial charge in [-0.3, -0.25) is 0 Å². The Bertz CT molecular complexity index is 347. The van der Waals surface area contributed by atoms with Crippen LogP contribution < -0.4 is 5.73 Å². The van der Waals surface area contributed by atoms with Crippen molar-refractivity contribution in [3.8, 4) is 0 Å². The Balaban J connectivity index is 2.36. The maximum atomic E-state index is 6.13. The number of nitrogens with two attached hydrogens (primary N) is 1. The highest BCUT2D eigenvalue weighted by Gasteiger charge is 2.16. The molecule has 0 saturated carbocycles. The lowest BCUT2D eigenvalue weighted by molar-refractivity contribution is 0.553. The summed E-state index contributed by atoms with van der Waals surface area (Å²) in [5.74, 6) is 0. The Kier molecular flexibility index (Phi) is 2.83. The maximum Gasteiger partial charge on any atom is 0.0352 e. The Morgan fingerprint density at radius 2 is 1.67 bits per heavy atom. The Morgan fingerprint density at radius 3 is 2.33 bits per heavy atom. The van der Waals surface area contributed by atoms with Crippen molar-refractivity contribution in [3.05, 3.63) is 34.9 Å². The van der Waals surface area contributed by atoms with Crippen molar-refractivity contribution >= 4 is 0 Å². The summed E-state index contributed by atoms with van der Waals surface area (Å²) >= 11 is 0. The van der Waals surface area contributed by atoms with Crippen molar-refractivity contribution in [2.75, 3.05) is 0 Å². The van der Waals surface area contributed by atoms with E-state index in [9.17, 15) is 0 Å². The third-order valence-electron chi connectivity index (χ3n) is 3.34. The largest absolute Gasteiger partial charge is 0.322 e. The SMILES string of the molecule is CC(C)(N)c1ccc2c(c1)CCCCC2. The molecule has 2 N–H and O–H groups in total. The fourth-order valence-electron chi connectivity index (χ4n) is 2.31. The molecule has 15 heavy (non-hydrogen) atoms. The van der Waals surface area contributed by atoms with Gasteiger partial charge in [-0.05, 0) is 56.2 Å². The minimum absolute atomic E-state index is 0.207. The second-order valence-electron chi connectivity index (χ2n) is 5.27. The summed E-state index contributed by atoms with van der Waals surface area (Å²) < 4.78 is 0. The summed E-state index contributed by atoms with van der Waals surface area (Å²) in [6.07, 6.45) is 6.54.